The largest absolute Gasteiger partial charge is 0.296 e. The van der Waals surface area contributed by atoms with Gasteiger partial charge in [-0.1, -0.05) is 0 Å². The van der Waals surface area contributed by atoms with E-state index < -0.39 is 0 Å². The maximum atomic E-state index is 10.9. The molecule has 0 radical (unpaired) electrons. The average molecular weight is 505 g/mol. The van der Waals surface area contributed by atoms with Crippen LogP contribution in [-0.4, -0.2) is 41.3 Å². The number of halogens is 1. The zero-order valence-corrected chi connectivity index (χ0v) is 19.4. The van der Waals surface area contributed by atoms with Crippen molar-refractivity contribution in [1.29, 1.82) is 0 Å². The zero-order valence-electron chi connectivity index (χ0n) is 17.8. The van der Waals surface area contributed by atoms with Crippen molar-refractivity contribution in [3.63, 3.8) is 0 Å². The maximum Gasteiger partial charge on any atom is 0.168 e. The minimum Gasteiger partial charge on any atom is -0.296 e. The normalized spacial score (nSPS) is 15.2. The highest BCUT2D eigenvalue weighted by Gasteiger charge is 2.25. The van der Waals surface area contributed by atoms with Crippen LogP contribution in [0.25, 0.3) is 11.3 Å². The molecular weight excluding hydrogens is 484 g/mol. The molecular formula is C24H21BrN6O2. The van der Waals surface area contributed by atoms with Crippen LogP contribution < -0.4 is 0 Å². The molecule has 2 aliphatic carbocycles. The molecule has 4 aromatic heterocycles. The summed E-state index contributed by atoms with van der Waals surface area (Å²) in [6.07, 6.45) is 20.5. The minimum absolute atomic E-state index is 0.510. The third kappa shape index (κ3) is 4.57. The van der Waals surface area contributed by atoms with Crippen LogP contribution in [0.4, 0.5) is 0 Å². The molecule has 9 heteroatoms. The number of aromatic nitrogens is 6. The van der Waals surface area contributed by atoms with Gasteiger partial charge in [0.1, 0.15) is 21.7 Å². The molecule has 2 fully saturated rings. The van der Waals surface area contributed by atoms with Gasteiger partial charge in [0.05, 0.1) is 23.8 Å². The first-order valence-corrected chi connectivity index (χ1v) is 11.6. The lowest BCUT2D eigenvalue weighted by molar-refractivity contribution is 0.111. The van der Waals surface area contributed by atoms with Gasteiger partial charge in [0.15, 0.2) is 23.9 Å². The van der Waals surface area contributed by atoms with Crippen LogP contribution in [0.3, 0.4) is 0 Å². The molecule has 0 aliphatic heterocycles. The monoisotopic (exact) mass is 504 g/mol. The summed E-state index contributed by atoms with van der Waals surface area (Å²) in [7, 11) is 0. The zero-order chi connectivity index (χ0) is 22.9. The minimum atomic E-state index is 0.510. The lowest BCUT2D eigenvalue weighted by Gasteiger charge is -2.04. The predicted octanol–water partition coefficient (Wildman–Crippen LogP) is 3.73. The molecule has 0 unspecified atom stereocenters. The van der Waals surface area contributed by atoms with E-state index in [-0.39, 0.29) is 0 Å². The SMILES string of the molecule is C#Cc1cn2c(C=O)cnc2c(CC2CC2)n1.O=Cc1cnc2c(CC3CC3)nc(Br)cn12. The Balaban J connectivity index is 0.000000139. The third-order valence-electron chi connectivity index (χ3n) is 5.90. The first-order valence-electron chi connectivity index (χ1n) is 10.9. The number of terminal acetylenes is 1. The molecule has 2 aliphatic rings. The quantitative estimate of drug-likeness (QED) is 0.293. The molecule has 8 nitrogen and oxygen atoms in total. The predicted molar refractivity (Wildman–Crippen MR) is 125 cm³/mol. The lowest BCUT2D eigenvalue weighted by Crippen LogP contribution is -2.02. The van der Waals surface area contributed by atoms with Crippen LogP contribution >= 0.6 is 15.9 Å². The Hall–Kier alpha value is -3.38. The summed E-state index contributed by atoms with van der Waals surface area (Å²) in [5.41, 5.74) is 5.05. The highest BCUT2D eigenvalue weighted by atomic mass is 79.9. The summed E-state index contributed by atoms with van der Waals surface area (Å²) in [6.45, 7) is 0. The Labute approximate surface area is 198 Å². The van der Waals surface area contributed by atoms with Gasteiger partial charge in [-0.3, -0.25) is 18.4 Å². The fraction of sp³-hybridized carbons (Fsp3) is 0.333. The van der Waals surface area contributed by atoms with Crippen molar-refractivity contribution in [2.24, 2.45) is 11.8 Å². The van der Waals surface area contributed by atoms with Gasteiger partial charge in [-0.15, -0.1) is 6.42 Å². The molecule has 6 rings (SSSR count). The summed E-state index contributed by atoms with van der Waals surface area (Å²) in [5, 5.41) is 0. The van der Waals surface area contributed by atoms with Crippen LogP contribution in [0, 0.1) is 24.2 Å². The Morgan fingerprint density at radius 2 is 1.42 bits per heavy atom. The van der Waals surface area contributed by atoms with Gasteiger partial charge in [0, 0.05) is 12.4 Å². The van der Waals surface area contributed by atoms with Crippen molar-refractivity contribution in [1.82, 2.24) is 28.7 Å². The number of imidazole rings is 2. The molecule has 0 aromatic carbocycles. The van der Waals surface area contributed by atoms with Crippen molar-refractivity contribution in [2.75, 3.05) is 0 Å². The van der Waals surface area contributed by atoms with Crippen LogP contribution in [0.2, 0.25) is 0 Å². The van der Waals surface area contributed by atoms with E-state index in [2.05, 4.69) is 41.8 Å². The highest BCUT2D eigenvalue weighted by Crippen LogP contribution is 2.34. The Bertz CT molecular complexity index is 1410. The van der Waals surface area contributed by atoms with Gasteiger partial charge >= 0.3 is 0 Å². The topological polar surface area (TPSA) is 94.5 Å². The average Bonchev–Trinajstić information content (AvgIpc) is 3.73. The molecule has 0 saturated heterocycles. The standard InChI is InChI=1S/C13H11N3O.C11H10BrN3O/c1-2-10-7-16-11(8-17)6-14-13(16)12(15-10)5-9-3-4-9;12-10-5-15-8(6-16)4-13-11(15)9(14-10)3-7-1-2-7/h1,6-9H,3-5H2;4-7H,1-3H2. The molecule has 0 atom stereocenters. The van der Waals surface area contributed by atoms with E-state index >= 15 is 0 Å². The van der Waals surface area contributed by atoms with Gasteiger partial charge in [0.25, 0.3) is 0 Å². The van der Waals surface area contributed by atoms with Crippen molar-refractivity contribution in [3.05, 3.63) is 57.9 Å². The molecule has 33 heavy (non-hydrogen) atoms. The van der Waals surface area contributed by atoms with Crippen LogP contribution in [0.15, 0.2) is 29.4 Å². The van der Waals surface area contributed by atoms with Gasteiger partial charge in [-0.2, -0.15) is 0 Å². The molecule has 0 bridgehead atoms. The molecule has 2 saturated carbocycles. The summed E-state index contributed by atoms with van der Waals surface area (Å²) >= 11 is 3.37. The van der Waals surface area contributed by atoms with E-state index in [0.29, 0.717) is 23.0 Å². The summed E-state index contributed by atoms with van der Waals surface area (Å²) in [4.78, 5) is 39.1. The van der Waals surface area contributed by atoms with E-state index in [1.54, 1.807) is 33.6 Å². The molecule has 4 heterocycles. The Morgan fingerprint density at radius 3 is 1.91 bits per heavy atom. The smallest absolute Gasteiger partial charge is 0.168 e. The van der Waals surface area contributed by atoms with Crippen LogP contribution in [0.5, 0.6) is 0 Å². The fourth-order valence-corrected chi connectivity index (χ4v) is 4.23. The first kappa shape index (κ1) is 21.5. The van der Waals surface area contributed by atoms with E-state index in [9.17, 15) is 9.59 Å². The number of aldehydes is 2. The third-order valence-corrected chi connectivity index (χ3v) is 6.28. The molecule has 0 N–H and O–H groups in total. The van der Waals surface area contributed by atoms with E-state index in [1.807, 2.05) is 0 Å². The summed E-state index contributed by atoms with van der Waals surface area (Å²) in [6, 6.07) is 0. The first-order chi connectivity index (χ1) is 16.1. The molecule has 4 aromatic rings. The van der Waals surface area contributed by atoms with E-state index in [4.69, 9.17) is 6.42 Å². The van der Waals surface area contributed by atoms with Gasteiger partial charge in [0.2, 0.25) is 0 Å². The van der Waals surface area contributed by atoms with Crippen molar-refractivity contribution < 1.29 is 9.59 Å². The number of fused-ring (bicyclic) bond motifs is 2. The van der Waals surface area contributed by atoms with Crippen LogP contribution in [-0.2, 0) is 12.8 Å². The number of carbonyl (C=O) groups is 2. The van der Waals surface area contributed by atoms with Gasteiger partial charge in [-0.25, -0.2) is 19.9 Å². The summed E-state index contributed by atoms with van der Waals surface area (Å²) < 4.78 is 4.27. The molecule has 0 amide bonds. The maximum absolute atomic E-state index is 10.9. The molecule has 166 valence electrons. The van der Waals surface area contributed by atoms with Crippen molar-refractivity contribution in [3.8, 4) is 12.3 Å². The van der Waals surface area contributed by atoms with E-state index in [1.165, 1.54) is 25.7 Å². The highest BCUT2D eigenvalue weighted by molar-refractivity contribution is 9.10. The second-order valence-electron chi connectivity index (χ2n) is 8.51. The van der Waals surface area contributed by atoms with Gasteiger partial charge < -0.3 is 0 Å². The van der Waals surface area contributed by atoms with Crippen molar-refractivity contribution >= 4 is 39.8 Å². The second-order valence-corrected chi connectivity index (χ2v) is 9.32. The van der Waals surface area contributed by atoms with Gasteiger partial charge in [-0.05, 0) is 72.2 Å². The number of rotatable bonds is 6. The fourth-order valence-electron chi connectivity index (χ4n) is 3.82. The Kier molecular flexibility index (Phi) is 5.77. The Morgan fingerprint density at radius 1 is 0.909 bits per heavy atom. The number of hydrogen-bond acceptors (Lipinski definition) is 6. The lowest BCUT2D eigenvalue weighted by atomic mass is 10.2. The number of carbonyl (C=O) groups excluding carboxylic acids is 2. The number of hydrogen-bond donors (Lipinski definition) is 0. The molecule has 0 spiro atoms. The van der Waals surface area contributed by atoms with E-state index in [0.717, 1.165) is 58.6 Å². The number of nitrogens with zero attached hydrogens (tertiary/aromatic N) is 6. The summed E-state index contributed by atoms with van der Waals surface area (Å²) in [5.74, 6) is 3.97. The second kappa shape index (κ2) is 8.87. The van der Waals surface area contributed by atoms with Crippen LogP contribution in [0.1, 0.15) is 63.7 Å². The van der Waals surface area contributed by atoms with Crippen molar-refractivity contribution in [2.45, 2.75) is 38.5 Å².